The van der Waals surface area contributed by atoms with Crippen molar-refractivity contribution in [2.75, 3.05) is 0 Å². The van der Waals surface area contributed by atoms with Crippen LogP contribution in [0.25, 0.3) is 0 Å². The number of hydrogen-bond acceptors (Lipinski definition) is 7. The van der Waals surface area contributed by atoms with E-state index in [9.17, 15) is 24.3 Å². The summed E-state index contributed by atoms with van der Waals surface area (Å²) in [5.74, 6) is 2.65. The number of benzene rings is 1. The van der Waals surface area contributed by atoms with E-state index < -0.39 is 23.8 Å². The number of carboxylic acid groups (broad SMARTS) is 1. The molecule has 1 heterocycles. The van der Waals surface area contributed by atoms with E-state index in [-0.39, 0.29) is 30.8 Å². The molecule has 3 N–H and O–H groups in total. The van der Waals surface area contributed by atoms with Gasteiger partial charge in [0, 0.05) is 12.8 Å². The molecule has 0 aromatic heterocycles. The molecule has 0 unspecified atom stereocenters. The molecule has 23 heavy (non-hydrogen) atoms. The number of nitrogens with zero attached hydrogens (tertiary/aromatic N) is 2. The molecular weight excluding hydrogens is 348 g/mol. The Hall–Kier alpha value is -2.43. The fourth-order valence-electron chi connectivity index (χ4n) is 1.49. The molecule has 11 heteroatoms. The van der Waals surface area contributed by atoms with Crippen LogP contribution in [0.4, 0.5) is 4.79 Å². The maximum Gasteiger partial charge on any atom is 0.546 e. The summed E-state index contributed by atoms with van der Waals surface area (Å²) >= 11 is 4.50. The van der Waals surface area contributed by atoms with Gasteiger partial charge in [0.15, 0.2) is 12.4 Å². The van der Waals surface area contributed by atoms with Crippen molar-refractivity contribution in [3.8, 4) is 0 Å². The number of carbonyl (C=O) groups excluding carboxylic acids is 4. The summed E-state index contributed by atoms with van der Waals surface area (Å²) in [6.07, 6.45) is 0.146. The SMILES string of the molecule is Cl.NNC(=O)[N+](=S)N1C(=O)CCC1=O.O=C([O-])c1ccccc1. The van der Waals surface area contributed by atoms with E-state index in [1.807, 2.05) is 0 Å². The third-order valence-corrected chi connectivity index (χ3v) is 2.84. The second-order valence-corrected chi connectivity index (χ2v) is 4.32. The lowest BCUT2D eigenvalue weighted by molar-refractivity contribution is -0.540. The third kappa shape index (κ3) is 5.70. The fraction of sp³-hybridized carbons (Fsp3) is 0.167. The Morgan fingerprint density at radius 1 is 1.17 bits per heavy atom. The minimum atomic E-state index is -1.13. The van der Waals surface area contributed by atoms with Crippen LogP contribution < -0.4 is 16.4 Å². The number of halogens is 1. The van der Waals surface area contributed by atoms with Gasteiger partial charge in [0.05, 0.1) is 5.97 Å². The molecule has 1 aliphatic heterocycles. The Bertz CT molecular complexity index is 609. The highest BCUT2D eigenvalue weighted by atomic mass is 35.5. The van der Waals surface area contributed by atoms with Gasteiger partial charge in [-0.15, -0.1) is 12.4 Å². The van der Waals surface area contributed by atoms with E-state index in [4.69, 9.17) is 5.84 Å². The molecule has 4 amide bonds. The number of amides is 4. The van der Waals surface area contributed by atoms with Crippen LogP contribution in [0.2, 0.25) is 0 Å². The molecule has 0 saturated carbocycles. The lowest BCUT2D eigenvalue weighted by Gasteiger charge is -2.06. The van der Waals surface area contributed by atoms with Crippen molar-refractivity contribution in [3.05, 3.63) is 35.9 Å². The van der Waals surface area contributed by atoms with E-state index in [1.165, 1.54) is 12.1 Å². The van der Waals surface area contributed by atoms with E-state index in [1.54, 1.807) is 23.6 Å². The number of hydrogen-bond donors (Lipinski definition) is 2. The van der Waals surface area contributed by atoms with E-state index >= 15 is 0 Å². The molecule has 1 saturated heterocycles. The first-order chi connectivity index (χ1) is 10.4. The average Bonchev–Trinajstić information content (AvgIpc) is 2.86. The summed E-state index contributed by atoms with van der Waals surface area (Å²) in [5, 5.41) is 10.7. The van der Waals surface area contributed by atoms with Crippen LogP contribution in [0.1, 0.15) is 23.2 Å². The zero-order chi connectivity index (χ0) is 16.7. The van der Waals surface area contributed by atoms with Gasteiger partial charge in [0.25, 0.3) is 11.8 Å². The molecule has 0 spiro atoms. The summed E-state index contributed by atoms with van der Waals surface area (Å²) in [6, 6.07) is 7.17. The van der Waals surface area contributed by atoms with Gasteiger partial charge >= 0.3 is 6.03 Å². The summed E-state index contributed by atoms with van der Waals surface area (Å²) < 4.78 is 0.442. The molecule has 0 atom stereocenters. The number of carbonyl (C=O) groups is 4. The molecule has 0 radical (unpaired) electrons. The van der Waals surface area contributed by atoms with Gasteiger partial charge in [-0.1, -0.05) is 35.3 Å². The Kier molecular flexibility index (Phi) is 8.55. The van der Waals surface area contributed by atoms with Gasteiger partial charge in [-0.3, -0.25) is 9.59 Å². The monoisotopic (exact) mass is 360 g/mol. The number of rotatable bonds is 2. The second kappa shape index (κ2) is 9.56. The number of aromatic carboxylic acids is 1. The lowest BCUT2D eigenvalue weighted by Crippen LogP contribution is -2.47. The zero-order valence-electron chi connectivity index (χ0n) is 11.6. The van der Waals surface area contributed by atoms with Crippen LogP contribution >= 0.6 is 12.4 Å². The summed E-state index contributed by atoms with van der Waals surface area (Å²) in [4.78, 5) is 43.0. The predicted octanol–water partition coefficient (Wildman–Crippen LogP) is -1.15. The van der Waals surface area contributed by atoms with Gasteiger partial charge in [-0.2, -0.15) is 16.1 Å². The second-order valence-electron chi connectivity index (χ2n) is 3.98. The maximum atomic E-state index is 11.0. The molecular formula is C12H13ClN4O5S. The van der Waals surface area contributed by atoms with Crippen molar-refractivity contribution in [3.63, 3.8) is 0 Å². The highest BCUT2D eigenvalue weighted by Gasteiger charge is 2.39. The van der Waals surface area contributed by atoms with Crippen LogP contribution in [0.5, 0.6) is 0 Å². The number of urea groups is 1. The van der Waals surface area contributed by atoms with Crippen LogP contribution in [-0.4, -0.2) is 32.9 Å². The molecule has 1 aromatic rings. The number of carboxylic acids is 1. The third-order valence-electron chi connectivity index (χ3n) is 2.51. The molecule has 1 fully saturated rings. The average molecular weight is 361 g/mol. The largest absolute Gasteiger partial charge is 0.546 e. The first-order valence-electron chi connectivity index (χ1n) is 5.98. The highest BCUT2D eigenvalue weighted by molar-refractivity contribution is 7.44. The maximum absolute atomic E-state index is 11.0. The minimum absolute atomic E-state index is 0. The molecule has 124 valence electrons. The van der Waals surface area contributed by atoms with Crippen LogP contribution in [0.3, 0.4) is 0 Å². The fourth-order valence-corrected chi connectivity index (χ4v) is 1.72. The van der Waals surface area contributed by atoms with Crippen LogP contribution in [0, 0.1) is 0 Å². The van der Waals surface area contributed by atoms with Crippen molar-refractivity contribution in [1.29, 1.82) is 0 Å². The Morgan fingerprint density at radius 3 is 2.00 bits per heavy atom. The van der Waals surface area contributed by atoms with Crippen molar-refractivity contribution in [1.82, 2.24) is 10.4 Å². The highest BCUT2D eigenvalue weighted by Crippen LogP contribution is 2.11. The van der Waals surface area contributed by atoms with Crippen LogP contribution in [0.15, 0.2) is 30.3 Å². The van der Waals surface area contributed by atoms with Crippen molar-refractivity contribution >= 4 is 48.6 Å². The van der Waals surface area contributed by atoms with E-state index in [2.05, 4.69) is 12.4 Å². The Labute approximate surface area is 142 Å². The first kappa shape index (κ1) is 20.6. The van der Waals surface area contributed by atoms with Gasteiger partial charge in [0.2, 0.25) is 0 Å². The molecule has 2 rings (SSSR count). The standard InChI is InChI=1S/C7H6O2.C5H6N4O3S.ClH/c8-7(9)6-4-2-1-3-5-6;6-7-5(12)9(13)8-3(10)1-2-4(8)11;/h1-5H,(H,8,9);1-2H2,(H2-,6,7,12,13);1H. The molecule has 1 aliphatic rings. The van der Waals surface area contributed by atoms with Crippen molar-refractivity contribution < 1.29 is 28.3 Å². The van der Waals surface area contributed by atoms with Gasteiger partial charge in [-0.05, 0) is 9.62 Å². The number of imide groups is 1. The predicted molar refractivity (Wildman–Crippen MR) is 79.5 cm³/mol. The van der Waals surface area contributed by atoms with Crippen molar-refractivity contribution in [2.24, 2.45) is 5.84 Å². The summed E-state index contributed by atoms with van der Waals surface area (Å²) in [6.45, 7) is 0. The summed E-state index contributed by atoms with van der Waals surface area (Å²) in [5.41, 5.74) is 1.94. The van der Waals surface area contributed by atoms with E-state index in [0.717, 1.165) is 0 Å². The lowest BCUT2D eigenvalue weighted by atomic mass is 10.2. The van der Waals surface area contributed by atoms with Gasteiger partial charge < -0.3 is 9.90 Å². The van der Waals surface area contributed by atoms with E-state index in [0.29, 0.717) is 9.06 Å². The minimum Gasteiger partial charge on any atom is -0.545 e. The zero-order valence-corrected chi connectivity index (χ0v) is 13.3. The summed E-state index contributed by atoms with van der Waals surface area (Å²) in [7, 11) is 0. The molecule has 0 aliphatic carbocycles. The molecule has 9 nitrogen and oxygen atoms in total. The van der Waals surface area contributed by atoms with Gasteiger partial charge in [-0.25, -0.2) is 0 Å². The first-order valence-corrected chi connectivity index (χ1v) is 6.35. The Morgan fingerprint density at radius 2 is 1.65 bits per heavy atom. The van der Waals surface area contributed by atoms with Crippen molar-refractivity contribution in [2.45, 2.75) is 12.8 Å². The quantitative estimate of drug-likeness (QED) is 0.223. The number of nitrogens with two attached hydrogens (primary N) is 1. The smallest absolute Gasteiger partial charge is 0.545 e. The normalized spacial score (nSPS) is 12.7. The number of nitrogens with one attached hydrogen (secondary N) is 1. The topological polar surface area (TPSA) is 136 Å². The van der Waals surface area contributed by atoms with Gasteiger partial charge in [0.1, 0.15) is 0 Å². The Balaban J connectivity index is 0.000000427. The molecule has 1 aromatic carbocycles. The number of hydrazine groups is 2. The molecule has 0 bridgehead atoms. The van der Waals surface area contributed by atoms with Crippen LogP contribution in [-0.2, 0) is 22.0 Å².